The van der Waals surface area contributed by atoms with Crippen LogP contribution in [0.4, 0.5) is 5.69 Å². The van der Waals surface area contributed by atoms with Crippen molar-refractivity contribution < 1.29 is 4.74 Å². The molecule has 1 aliphatic heterocycles. The van der Waals surface area contributed by atoms with Crippen molar-refractivity contribution in [2.45, 2.75) is 19.4 Å². The van der Waals surface area contributed by atoms with Gasteiger partial charge in [0.25, 0.3) is 0 Å². The summed E-state index contributed by atoms with van der Waals surface area (Å²) in [5.41, 5.74) is 1.31. The van der Waals surface area contributed by atoms with Crippen LogP contribution in [-0.2, 0) is 0 Å². The van der Waals surface area contributed by atoms with Crippen LogP contribution < -0.4 is 15.0 Å². The third-order valence-electron chi connectivity index (χ3n) is 3.07. The lowest BCUT2D eigenvalue weighted by molar-refractivity contribution is 0.352. The molecule has 3 nitrogen and oxygen atoms in total. The van der Waals surface area contributed by atoms with E-state index in [1.54, 1.807) is 7.11 Å². The second-order valence-electron chi connectivity index (χ2n) is 5.05. The van der Waals surface area contributed by atoms with Crippen LogP contribution in [0.1, 0.15) is 13.8 Å². The van der Waals surface area contributed by atoms with Crippen LogP contribution in [0, 0.1) is 0 Å². The molecule has 0 bridgehead atoms. The van der Waals surface area contributed by atoms with Gasteiger partial charge in [0.1, 0.15) is 5.75 Å². The third kappa shape index (κ3) is 2.85. The van der Waals surface area contributed by atoms with E-state index >= 15 is 0 Å². The average Bonchev–Trinajstić information content (AvgIpc) is 2.28. The number of piperazine rings is 1. The molecule has 0 unspecified atom stereocenters. The Morgan fingerprint density at radius 1 is 1.41 bits per heavy atom. The van der Waals surface area contributed by atoms with E-state index < -0.39 is 0 Å². The number of halogens is 1. The van der Waals surface area contributed by atoms with E-state index in [-0.39, 0.29) is 5.54 Å². The van der Waals surface area contributed by atoms with E-state index in [9.17, 15) is 0 Å². The molecule has 17 heavy (non-hydrogen) atoms. The van der Waals surface area contributed by atoms with Crippen molar-refractivity contribution in [1.29, 1.82) is 0 Å². The van der Waals surface area contributed by atoms with Crippen molar-refractivity contribution in [2.24, 2.45) is 0 Å². The van der Waals surface area contributed by atoms with E-state index in [0.29, 0.717) is 5.02 Å². The summed E-state index contributed by atoms with van der Waals surface area (Å²) in [6, 6.07) is 5.95. The van der Waals surface area contributed by atoms with E-state index in [4.69, 9.17) is 16.3 Å². The second kappa shape index (κ2) is 4.75. The van der Waals surface area contributed by atoms with Crippen LogP contribution in [0.3, 0.4) is 0 Å². The lowest BCUT2D eigenvalue weighted by Crippen LogP contribution is -2.57. The summed E-state index contributed by atoms with van der Waals surface area (Å²) in [4.78, 5) is 2.36. The molecular weight excluding hydrogens is 236 g/mol. The molecule has 2 rings (SSSR count). The number of methoxy groups -OCH3 is 1. The predicted octanol–water partition coefficient (Wildman–Crippen LogP) is 2.54. The number of nitrogens with zero attached hydrogens (tertiary/aromatic N) is 1. The van der Waals surface area contributed by atoms with Crippen molar-refractivity contribution in [3.63, 3.8) is 0 Å². The zero-order valence-corrected chi connectivity index (χ0v) is 11.3. The third-order valence-corrected chi connectivity index (χ3v) is 3.38. The van der Waals surface area contributed by atoms with Gasteiger partial charge >= 0.3 is 0 Å². The predicted molar refractivity (Wildman–Crippen MR) is 72.3 cm³/mol. The fourth-order valence-corrected chi connectivity index (χ4v) is 2.40. The van der Waals surface area contributed by atoms with Crippen LogP contribution >= 0.6 is 11.6 Å². The highest BCUT2D eigenvalue weighted by Gasteiger charge is 2.26. The molecule has 0 amide bonds. The smallest absolute Gasteiger partial charge is 0.139 e. The zero-order valence-electron chi connectivity index (χ0n) is 10.6. The van der Waals surface area contributed by atoms with Crippen molar-refractivity contribution in [3.05, 3.63) is 23.2 Å². The summed E-state index contributed by atoms with van der Waals surface area (Å²) in [7, 11) is 1.65. The maximum Gasteiger partial charge on any atom is 0.139 e. The minimum absolute atomic E-state index is 0.144. The van der Waals surface area contributed by atoms with Crippen LogP contribution in [0.25, 0.3) is 0 Å². The number of anilines is 1. The maximum absolute atomic E-state index is 6.04. The number of ether oxygens (including phenoxy) is 1. The SMILES string of the molecule is COc1cc(N2CCNC(C)(C)C2)ccc1Cl. The lowest BCUT2D eigenvalue weighted by Gasteiger charge is -2.40. The molecule has 94 valence electrons. The van der Waals surface area contributed by atoms with Crippen LogP contribution in [0.5, 0.6) is 5.75 Å². The molecule has 1 aliphatic rings. The minimum Gasteiger partial charge on any atom is -0.495 e. The van der Waals surface area contributed by atoms with Crippen molar-refractivity contribution in [3.8, 4) is 5.75 Å². The Balaban J connectivity index is 2.22. The number of hydrogen-bond donors (Lipinski definition) is 1. The van der Waals surface area contributed by atoms with Gasteiger partial charge in [0.05, 0.1) is 12.1 Å². The molecule has 0 atom stereocenters. The van der Waals surface area contributed by atoms with Crippen LogP contribution in [0.15, 0.2) is 18.2 Å². The molecule has 4 heteroatoms. The van der Waals surface area contributed by atoms with Gasteiger partial charge < -0.3 is 15.0 Å². The largest absolute Gasteiger partial charge is 0.495 e. The fraction of sp³-hybridized carbons (Fsp3) is 0.538. The Morgan fingerprint density at radius 2 is 2.18 bits per heavy atom. The Labute approximate surface area is 108 Å². The van der Waals surface area contributed by atoms with Gasteiger partial charge in [-0.3, -0.25) is 0 Å². The number of rotatable bonds is 2. The van der Waals surface area contributed by atoms with Gasteiger partial charge in [0, 0.05) is 36.9 Å². The first-order valence-corrected chi connectivity index (χ1v) is 6.23. The van der Waals surface area contributed by atoms with Gasteiger partial charge in [-0.2, -0.15) is 0 Å². The Morgan fingerprint density at radius 3 is 2.82 bits per heavy atom. The van der Waals surface area contributed by atoms with Gasteiger partial charge in [0.2, 0.25) is 0 Å². The first kappa shape index (κ1) is 12.5. The van der Waals surface area contributed by atoms with E-state index in [1.165, 1.54) is 5.69 Å². The first-order valence-electron chi connectivity index (χ1n) is 5.85. The van der Waals surface area contributed by atoms with Crippen molar-refractivity contribution in [1.82, 2.24) is 5.32 Å². The molecule has 1 aromatic rings. The average molecular weight is 255 g/mol. The maximum atomic E-state index is 6.04. The zero-order chi connectivity index (χ0) is 12.5. The Bertz CT molecular complexity index is 406. The Hall–Kier alpha value is -0.930. The topological polar surface area (TPSA) is 24.5 Å². The summed E-state index contributed by atoms with van der Waals surface area (Å²) in [6.07, 6.45) is 0. The van der Waals surface area contributed by atoms with Crippen molar-refractivity contribution >= 4 is 17.3 Å². The molecule has 1 aromatic carbocycles. The molecule has 1 saturated heterocycles. The van der Waals surface area contributed by atoms with E-state index in [1.807, 2.05) is 18.2 Å². The van der Waals surface area contributed by atoms with E-state index in [0.717, 1.165) is 25.4 Å². The van der Waals surface area contributed by atoms with Crippen LogP contribution in [-0.4, -0.2) is 32.3 Å². The highest BCUT2D eigenvalue weighted by molar-refractivity contribution is 6.32. The Kier molecular flexibility index (Phi) is 3.50. The van der Waals surface area contributed by atoms with Gasteiger partial charge in [-0.1, -0.05) is 11.6 Å². The van der Waals surface area contributed by atoms with Gasteiger partial charge in [-0.25, -0.2) is 0 Å². The molecule has 0 spiro atoms. The molecule has 1 fully saturated rings. The minimum atomic E-state index is 0.144. The number of hydrogen-bond acceptors (Lipinski definition) is 3. The first-order chi connectivity index (χ1) is 8.02. The van der Waals surface area contributed by atoms with Crippen molar-refractivity contribution in [2.75, 3.05) is 31.6 Å². The highest BCUT2D eigenvalue weighted by Crippen LogP contribution is 2.30. The van der Waals surface area contributed by atoms with Gasteiger partial charge in [-0.15, -0.1) is 0 Å². The number of benzene rings is 1. The standard InChI is InChI=1S/C13H19ClN2O/c1-13(2)9-16(7-6-15-13)10-4-5-11(14)12(8-10)17-3/h4-5,8,15H,6-7,9H2,1-3H3. The fourth-order valence-electron chi connectivity index (χ4n) is 2.21. The molecule has 0 saturated carbocycles. The molecule has 0 aromatic heterocycles. The molecule has 1 heterocycles. The molecule has 1 N–H and O–H groups in total. The molecule has 0 aliphatic carbocycles. The summed E-state index contributed by atoms with van der Waals surface area (Å²) < 4.78 is 5.25. The quantitative estimate of drug-likeness (QED) is 0.878. The number of nitrogens with one attached hydrogen (secondary N) is 1. The highest BCUT2D eigenvalue weighted by atomic mass is 35.5. The monoisotopic (exact) mass is 254 g/mol. The summed E-state index contributed by atoms with van der Waals surface area (Å²) in [5, 5.41) is 4.16. The second-order valence-corrected chi connectivity index (χ2v) is 5.46. The van der Waals surface area contributed by atoms with E-state index in [2.05, 4.69) is 24.1 Å². The summed E-state index contributed by atoms with van der Waals surface area (Å²) in [5.74, 6) is 0.737. The normalized spacial score (nSPS) is 19.2. The van der Waals surface area contributed by atoms with Gasteiger partial charge in [-0.05, 0) is 26.0 Å². The summed E-state index contributed by atoms with van der Waals surface area (Å²) >= 11 is 6.04. The van der Waals surface area contributed by atoms with Crippen LogP contribution in [0.2, 0.25) is 5.02 Å². The lowest BCUT2D eigenvalue weighted by atomic mass is 10.0. The molecular formula is C13H19ClN2O. The molecule has 0 radical (unpaired) electrons. The summed E-state index contributed by atoms with van der Waals surface area (Å²) in [6.45, 7) is 7.42. The van der Waals surface area contributed by atoms with Gasteiger partial charge in [0.15, 0.2) is 0 Å².